The minimum atomic E-state index is 0.0201. The van der Waals surface area contributed by atoms with Crippen LogP contribution in [0.15, 0.2) is 18.2 Å². The first kappa shape index (κ1) is 15.3. The fourth-order valence-electron chi connectivity index (χ4n) is 2.70. The van der Waals surface area contributed by atoms with Gasteiger partial charge in [-0.1, -0.05) is 17.7 Å². The molecule has 1 unspecified atom stereocenters. The number of halogens is 1. The lowest BCUT2D eigenvalue weighted by Crippen LogP contribution is -3.16. The second-order valence-electron chi connectivity index (χ2n) is 5.55. The third-order valence-electron chi connectivity index (χ3n) is 3.57. The minimum absolute atomic E-state index is 0.0201. The molecule has 2 rings (SSSR count). The normalized spacial score (nSPS) is 26.3. The van der Waals surface area contributed by atoms with Crippen molar-refractivity contribution in [2.45, 2.75) is 33.0 Å². The van der Waals surface area contributed by atoms with Crippen LogP contribution in [0, 0.1) is 6.92 Å². The van der Waals surface area contributed by atoms with Crippen LogP contribution in [0.5, 0.6) is 0 Å². The quantitative estimate of drug-likeness (QED) is 0.883. The number of benzene rings is 1. The highest BCUT2D eigenvalue weighted by Gasteiger charge is 2.27. The number of nitrogens with one attached hydrogen (secondary N) is 2. The number of carbonyl (C=O) groups excluding carboxylic acids is 1. The second-order valence-corrected chi connectivity index (χ2v) is 5.96. The summed E-state index contributed by atoms with van der Waals surface area (Å²) in [6, 6.07) is 5.54. The van der Waals surface area contributed by atoms with E-state index in [2.05, 4.69) is 19.2 Å². The van der Waals surface area contributed by atoms with E-state index in [4.69, 9.17) is 16.3 Å². The van der Waals surface area contributed by atoms with E-state index in [1.165, 1.54) is 4.90 Å². The molecule has 1 saturated heterocycles. The van der Waals surface area contributed by atoms with Gasteiger partial charge < -0.3 is 15.0 Å². The van der Waals surface area contributed by atoms with Gasteiger partial charge in [0.05, 0.1) is 0 Å². The van der Waals surface area contributed by atoms with Crippen LogP contribution in [-0.4, -0.2) is 37.7 Å². The molecule has 0 saturated carbocycles. The van der Waals surface area contributed by atoms with Gasteiger partial charge in [-0.15, -0.1) is 0 Å². The highest BCUT2D eigenvalue weighted by molar-refractivity contribution is 6.31. The molecule has 20 heavy (non-hydrogen) atoms. The molecule has 1 aromatic carbocycles. The summed E-state index contributed by atoms with van der Waals surface area (Å²) >= 11 is 6.05. The number of morpholine rings is 1. The van der Waals surface area contributed by atoms with Crippen LogP contribution in [0.25, 0.3) is 0 Å². The molecule has 5 heteroatoms. The van der Waals surface area contributed by atoms with Gasteiger partial charge in [0.15, 0.2) is 6.54 Å². The molecule has 0 radical (unpaired) electrons. The molecule has 0 bridgehead atoms. The van der Waals surface area contributed by atoms with Gasteiger partial charge in [0.25, 0.3) is 5.91 Å². The summed E-state index contributed by atoms with van der Waals surface area (Å²) < 4.78 is 5.68. The Morgan fingerprint density at radius 3 is 2.70 bits per heavy atom. The lowest BCUT2D eigenvalue weighted by atomic mass is 10.2. The van der Waals surface area contributed by atoms with E-state index in [1.54, 1.807) is 0 Å². The fraction of sp³-hybridized carbons (Fsp3) is 0.533. The average molecular weight is 298 g/mol. The van der Waals surface area contributed by atoms with Crippen molar-refractivity contribution in [1.29, 1.82) is 0 Å². The van der Waals surface area contributed by atoms with Gasteiger partial charge in [0.2, 0.25) is 0 Å². The summed E-state index contributed by atoms with van der Waals surface area (Å²) in [5.41, 5.74) is 1.69. The molecule has 110 valence electrons. The molecule has 4 nitrogen and oxygen atoms in total. The average Bonchev–Trinajstić information content (AvgIpc) is 2.33. The van der Waals surface area contributed by atoms with Crippen molar-refractivity contribution < 1.29 is 14.4 Å². The van der Waals surface area contributed by atoms with Crippen molar-refractivity contribution in [3.8, 4) is 0 Å². The van der Waals surface area contributed by atoms with E-state index in [0.29, 0.717) is 11.6 Å². The van der Waals surface area contributed by atoms with Crippen LogP contribution in [0.2, 0.25) is 5.02 Å². The van der Waals surface area contributed by atoms with Crippen molar-refractivity contribution in [3.63, 3.8) is 0 Å². The molecular weight excluding hydrogens is 276 g/mol. The van der Waals surface area contributed by atoms with Crippen LogP contribution in [-0.2, 0) is 9.53 Å². The second kappa shape index (κ2) is 6.57. The van der Waals surface area contributed by atoms with E-state index in [9.17, 15) is 4.79 Å². The molecule has 0 aromatic heterocycles. The smallest absolute Gasteiger partial charge is 0.279 e. The first-order valence-electron chi connectivity index (χ1n) is 6.99. The lowest BCUT2D eigenvalue weighted by molar-refractivity contribution is -0.907. The maximum atomic E-state index is 12.1. The topological polar surface area (TPSA) is 42.8 Å². The van der Waals surface area contributed by atoms with Crippen molar-refractivity contribution in [1.82, 2.24) is 0 Å². The van der Waals surface area contributed by atoms with Gasteiger partial charge >= 0.3 is 0 Å². The van der Waals surface area contributed by atoms with Crippen molar-refractivity contribution in [2.75, 3.05) is 25.0 Å². The van der Waals surface area contributed by atoms with E-state index in [1.807, 2.05) is 25.1 Å². The summed E-state index contributed by atoms with van der Waals surface area (Å²) in [6.07, 6.45) is 0.406. The zero-order valence-electron chi connectivity index (χ0n) is 12.2. The predicted molar refractivity (Wildman–Crippen MR) is 80.4 cm³/mol. The van der Waals surface area contributed by atoms with E-state index in [0.717, 1.165) is 24.3 Å². The fourth-order valence-corrected chi connectivity index (χ4v) is 2.87. The zero-order chi connectivity index (χ0) is 14.7. The van der Waals surface area contributed by atoms with Gasteiger partial charge in [-0.05, 0) is 38.5 Å². The molecule has 1 aliphatic heterocycles. The van der Waals surface area contributed by atoms with E-state index >= 15 is 0 Å². The van der Waals surface area contributed by atoms with Gasteiger partial charge in [-0.25, -0.2) is 0 Å². The summed E-state index contributed by atoms with van der Waals surface area (Å²) in [7, 11) is 0. The first-order chi connectivity index (χ1) is 9.45. The van der Waals surface area contributed by atoms with Gasteiger partial charge in [0, 0.05) is 10.7 Å². The molecule has 1 fully saturated rings. The molecule has 1 amide bonds. The van der Waals surface area contributed by atoms with E-state index in [-0.39, 0.29) is 18.1 Å². The predicted octanol–water partition coefficient (Wildman–Crippen LogP) is 1.28. The van der Waals surface area contributed by atoms with Crippen LogP contribution >= 0.6 is 11.6 Å². The summed E-state index contributed by atoms with van der Waals surface area (Å²) in [4.78, 5) is 13.4. The Morgan fingerprint density at radius 2 is 2.05 bits per heavy atom. The number of ether oxygens (including phenoxy) is 1. The number of amides is 1. The molecule has 0 spiro atoms. The highest BCUT2D eigenvalue weighted by atomic mass is 35.5. The monoisotopic (exact) mass is 297 g/mol. The van der Waals surface area contributed by atoms with Crippen molar-refractivity contribution in [3.05, 3.63) is 28.8 Å². The summed E-state index contributed by atoms with van der Waals surface area (Å²) in [6.45, 7) is 8.20. The maximum Gasteiger partial charge on any atom is 0.279 e. The Labute approximate surface area is 125 Å². The number of carbonyl (C=O) groups is 1. The Hall–Kier alpha value is -1.10. The van der Waals surface area contributed by atoms with Crippen molar-refractivity contribution >= 4 is 23.2 Å². The van der Waals surface area contributed by atoms with Gasteiger partial charge in [-0.3, -0.25) is 4.79 Å². The van der Waals surface area contributed by atoms with E-state index < -0.39 is 0 Å². The highest BCUT2D eigenvalue weighted by Crippen LogP contribution is 2.22. The number of quaternary nitrogens is 1. The third-order valence-corrected chi connectivity index (χ3v) is 3.98. The third kappa shape index (κ3) is 3.95. The number of anilines is 1. The first-order valence-corrected chi connectivity index (χ1v) is 7.37. The Morgan fingerprint density at radius 1 is 1.40 bits per heavy atom. The minimum Gasteiger partial charge on any atom is -0.364 e. The molecule has 1 aromatic rings. The summed E-state index contributed by atoms with van der Waals surface area (Å²) in [5, 5.41) is 3.61. The van der Waals surface area contributed by atoms with Crippen LogP contribution in [0.4, 0.5) is 5.69 Å². The Bertz CT molecular complexity index is 483. The lowest BCUT2D eigenvalue weighted by Gasteiger charge is -2.31. The number of hydrogen-bond acceptors (Lipinski definition) is 2. The van der Waals surface area contributed by atoms with Gasteiger partial charge in [-0.2, -0.15) is 0 Å². The van der Waals surface area contributed by atoms with Crippen LogP contribution < -0.4 is 10.2 Å². The van der Waals surface area contributed by atoms with Crippen LogP contribution in [0.1, 0.15) is 19.4 Å². The standard InChI is InChI=1S/C15H21ClN2O2/c1-10-7-18(8-11(2)20-10)9-15(19)17-14-6-4-5-13(16)12(14)3/h4-6,10-11H,7-9H2,1-3H3,(H,17,19)/p+1/t10-,11+. The zero-order valence-corrected chi connectivity index (χ0v) is 13.0. The molecule has 0 aliphatic carbocycles. The molecule has 1 heterocycles. The maximum absolute atomic E-state index is 12.1. The Kier molecular flexibility index (Phi) is 5.02. The summed E-state index contributed by atoms with van der Waals surface area (Å²) in [5.74, 6) is 0.0201. The van der Waals surface area contributed by atoms with Crippen molar-refractivity contribution in [2.24, 2.45) is 0 Å². The number of rotatable bonds is 3. The molecule has 3 atom stereocenters. The van der Waals surface area contributed by atoms with Gasteiger partial charge in [0.1, 0.15) is 25.3 Å². The largest absolute Gasteiger partial charge is 0.364 e. The molecular formula is C15H22ClN2O2+. The number of hydrogen-bond donors (Lipinski definition) is 2. The molecule has 1 aliphatic rings. The SMILES string of the molecule is Cc1c(Cl)cccc1NC(=O)C[NH+]1C[C@@H](C)O[C@@H](C)C1. The van der Waals surface area contributed by atoms with Crippen LogP contribution in [0.3, 0.4) is 0 Å². The molecule has 2 N–H and O–H groups in total. The Balaban J connectivity index is 1.94.